The number of rotatable bonds is 10. The van der Waals surface area contributed by atoms with Crippen molar-refractivity contribution in [2.24, 2.45) is 17.0 Å². The largest absolute Gasteiger partial charge is 0.338 e. The number of hydrogen-bond donors (Lipinski definition) is 0. The Labute approximate surface area is 200 Å². The predicted octanol–water partition coefficient (Wildman–Crippen LogP) is 6.75. The summed E-state index contributed by atoms with van der Waals surface area (Å²) in [6.45, 7) is 4.03. The number of ketones is 1. The first kappa shape index (κ1) is 25.3. The second-order valence-electron chi connectivity index (χ2n) is 8.80. The Kier molecular flexibility index (Phi) is 9.08. The van der Waals surface area contributed by atoms with Crippen molar-refractivity contribution in [3.8, 4) is 11.1 Å². The molecule has 1 aliphatic rings. The highest BCUT2D eigenvalue weighted by molar-refractivity contribution is 6.46. The highest BCUT2D eigenvalue weighted by Gasteiger charge is 2.27. The molecule has 0 bridgehead atoms. The molecule has 0 aromatic heterocycles. The van der Waals surface area contributed by atoms with Crippen LogP contribution in [0.15, 0.2) is 53.7 Å². The van der Waals surface area contributed by atoms with Crippen LogP contribution in [-0.4, -0.2) is 22.4 Å². The van der Waals surface area contributed by atoms with Crippen LogP contribution >= 0.6 is 0 Å². The number of carbonyl (C=O) groups is 2. The number of hydrogen-bond acceptors (Lipinski definition) is 6. The highest BCUT2D eigenvalue weighted by atomic mass is 16.7. The van der Waals surface area contributed by atoms with Crippen LogP contribution in [0.4, 0.5) is 5.69 Å². The summed E-state index contributed by atoms with van der Waals surface area (Å²) < 4.78 is 0. The van der Waals surface area contributed by atoms with Gasteiger partial charge in [0.25, 0.3) is 5.69 Å². The molecule has 1 atom stereocenters. The molecule has 0 aliphatic heterocycles. The average Bonchev–Trinajstić information content (AvgIpc) is 2.88. The first-order valence-electron chi connectivity index (χ1n) is 12.1. The van der Waals surface area contributed by atoms with E-state index in [0.29, 0.717) is 23.1 Å². The molecule has 0 spiro atoms. The summed E-state index contributed by atoms with van der Waals surface area (Å²) in [7, 11) is 0. The Morgan fingerprint density at radius 2 is 1.74 bits per heavy atom. The molecule has 180 valence electrons. The lowest BCUT2D eigenvalue weighted by molar-refractivity contribution is -0.384. The second kappa shape index (κ2) is 12.2. The number of para-hydroxylation sites is 1. The molecule has 3 rings (SSSR count). The van der Waals surface area contributed by atoms with E-state index in [1.54, 1.807) is 42.5 Å². The molecule has 0 N–H and O–H groups in total. The van der Waals surface area contributed by atoms with Crippen LogP contribution in [0.1, 0.15) is 75.6 Å². The van der Waals surface area contributed by atoms with Crippen molar-refractivity contribution < 1.29 is 19.3 Å². The van der Waals surface area contributed by atoms with E-state index >= 15 is 0 Å². The Balaban J connectivity index is 1.85. The third kappa shape index (κ3) is 6.16. The van der Waals surface area contributed by atoms with E-state index < -0.39 is 4.92 Å². The monoisotopic (exact) mass is 464 g/mol. The van der Waals surface area contributed by atoms with Crippen LogP contribution in [-0.2, 0) is 9.63 Å². The number of nitro groups is 1. The summed E-state index contributed by atoms with van der Waals surface area (Å²) in [5, 5.41) is 15.5. The normalized spacial score (nSPS) is 15.5. The number of benzene rings is 2. The van der Waals surface area contributed by atoms with Crippen molar-refractivity contribution in [2.75, 3.05) is 0 Å². The molecule has 2 aromatic carbocycles. The standard InChI is InChI=1S/C27H32N2O5/c1-3-10-19(4-2)25(28-34-27(31)22-11-6-5-7-12-22)26(30)21-17-15-20(16-18-21)23-13-8-9-14-24(23)29(32)33/h8-9,13-19,22H,3-7,10-12H2,1-2H3/b28-25-. The molecule has 1 aliphatic carbocycles. The molecular weight excluding hydrogens is 432 g/mol. The first-order valence-corrected chi connectivity index (χ1v) is 12.1. The van der Waals surface area contributed by atoms with Gasteiger partial charge in [0.15, 0.2) is 0 Å². The van der Waals surface area contributed by atoms with Crippen LogP contribution in [0, 0.1) is 22.0 Å². The van der Waals surface area contributed by atoms with Gasteiger partial charge in [-0.1, -0.05) is 81.1 Å². The smallest absolute Gasteiger partial charge is 0.318 e. The maximum atomic E-state index is 13.4. The molecule has 0 heterocycles. The van der Waals surface area contributed by atoms with Gasteiger partial charge in [0.1, 0.15) is 5.71 Å². The van der Waals surface area contributed by atoms with Crippen molar-refractivity contribution in [2.45, 2.75) is 65.2 Å². The number of oxime groups is 1. The number of nitrogens with zero attached hydrogens (tertiary/aromatic N) is 2. The Hall–Kier alpha value is -3.35. The molecule has 7 heteroatoms. The fraction of sp³-hybridized carbons (Fsp3) is 0.444. The first-order chi connectivity index (χ1) is 16.5. The zero-order valence-electron chi connectivity index (χ0n) is 19.9. The Bertz CT molecular complexity index is 1040. The van der Waals surface area contributed by atoms with Crippen molar-refractivity contribution in [1.82, 2.24) is 0 Å². The zero-order valence-corrected chi connectivity index (χ0v) is 19.9. The Morgan fingerprint density at radius 3 is 2.35 bits per heavy atom. The van der Waals surface area contributed by atoms with Crippen molar-refractivity contribution in [3.63, 3.8) is 0 Å². The molecular formula is C27H32N2O5. The van der Waals surface area contributed by atoms with Gasteiger partial charge in [-0.3, -0.25) is 14.9 Å². The van der Waals surface area contributed by atoms with Gasteiger partial charge in [0.2, 0.25) is 5.78 Å². The van der Waals surface area contributed by atoms with Gasteiger partial charge in [-0.15, -0.1) is 0 Å². The maximum Gasteiger partial charge on any atom is 0.338 e. The second-order valence-corrected chi connectivity index (χ2v) is 8.80. The lowest BCUT2D eigenvalue weighted by Crippen LogP contribution is -2.26. The number of Topliss-reactive ketones (excluding diaryl/α,β-unsaturated/α-hetero) is 1. The molecule has 34 heavy (non-hydrogen) atoms. The molecule has 7 nitrogen and oxygen atoms in total. The SMILES string of the molecule is CCCC(CC)/C(=N/OC(=O)C1CCCCC1)C(=O)c1ccc(-c2ccccc2[N+](=O)[O-])cc1. The average molecular weight is 465 g/mol. The molecule has 2 aromatic rings. The fourth-order valence-electron chi connectivity index (χ4n) is 4.52. The molecule has 1 unspecified atom stereocenters. The van der Waals surface area contributed by atoms with Crippen LogP contribution in [0.5, 0.6) is 0 Å². The molecule has 0 saturated heterocycles. The van der Waals surface area contributed by atoms with Gasteiger partial charge >= 0.3 is 5.97 Å². The van der Waals surface area contributed by atoms with E-state index in [0.717, 1.165) is 44.9 Å². The molecule has 1 fully saturated rings. The van der Waals surface area contributed by atoms with Crippen molar-refractivity contribution in [3.05, 3.63) is 64.2 Å². The van der Waals surface area contributed by atoms with Gasteiger partial charge in [0, 0.05) is 17.5 Å². The summed E-state index contributed by atoms with van der Waals surface area (Å²) in [6, 6.07) is 13.2. The van der Waals surface area contributed by atoms with E-state index in [-0.39, 0.29) is 35.0 Å². The van der Waals surface area contributed by atoms with E-state index in [1.165, 1.54) is 6.07 Å². The van der Waals surface area contributed by atoms with Gasteiger partial charge in [-0.2, -0.15) is 0 Å². The van der Waals surface area contributed by atoms with E-state index in [1.807, 2.05) is 13.8 Å². The summed E-state index contributed by atoms with van der Waals surface area (Å²) in [4.78, 5) is 42.2. The van der Waals surface area contributed by atoms with Gasteiger partial charge < -0.3 is 4.84 Å². The minimum absolute atomic E-state index is 0.00689. The highest BCUT2D eigenvalue weighted by Crippen LogP contribution is 2.30. The number of nitro benzene ring substituents is 1. The molecule has 1 saturated carbocycles. The van der Waals surface area contributed by atoms with Crippen LogP contribution in [0.25, 0.3) is 11.1 Å². The maximum absolute atomic E-state index is 13.4. The predicted molar refractivity (Wildman–Crippen MR) is 132 cm³/mol. The number of carbonyl (C=O) groups excluding carboxylic acids is 2. The minimum atomic E-state index is -0.420. The van der Waals surface area contributed by atoms with E-state index in [2.05, 4.69) is 5.16 Å². The Morgan fingerprint density at radius 1 is 1.06 bits per heavy atom. The molecule has 0 amide bonds. The van der Waals surface area contributed by atoms with E-state index in [9.17, 15) is 19.7 Å². The van der Waals surface area contributed by atoms with Gasteiger partial charge in [0.05, 0.1) is 16.4 Å². The van der Waals surface area contributed by atoms with Crippen LogP contribution in [0.2, 0.25) is 0 Å². The third-order valence-electron chi connectivity index (χ3n) is 6.48. The minimum Gasteiger partial charge on any atom is -0.318 e. The van der Waals surface area contributed by atoms with E-state index in [4.69, 9.17) is 4.84 Å². The van der Waals surface area contributed by atoms with Crippen LogP contribution in [0.3, 0.4) is 0 Å². The van der Waals surface area contributed by atoms with Gasteiger partial charge in [-0.25, -0.2) is 4.79 Å². The quantitative estimate of drug-likeness (QED) is 0.127. The lowest BCUT2D eigenvalue weighted by atomic mass is 9.89. The fourth-order valence-corrected chi connectivity index (χ4v) is 4.52. The van der Waals surface area contributed by atoms with Crippen molar-refractivity contribution >= 4 is 23.2 Å². The summed E-state index contributed by atoms with van der Waals surface area (Å²) in [5.41, 5.74) is 1.80. The van der Waals surface area contributed by atoms with Crippen molar-refractivity contribution in [1.29, 1.82) is 0 Å². The summed E-state index contributed by atoms with van der Waals surface area (Å²) >= 11 is 0. The lowest BCUT2D eigenvalue weighted by Gasteiger charge is -2.19. The third-order valence-corrected chi connectivity index (χ3v) is 6.48. The molecule has 0 radical (unpaired) electrons. The summed E-state index contributed by atoms with van der Waals surface area (Å²) in [5.74, 6) is -0.915. The summed E-state index contributed by atoms with van der Waals surface area (Å²) in [6.07, 6.45) is 7.09. The van der Waals surface area contributed by atoms with Gasteiger partial charge in [-0.05, 0) is 37.3 Å². The topological polar surface area (TPSA) is 98.9 Å². The van der Waals surface area contributed by atoms with Crippen LogP contribution < -0.4 is 0 Å². The zero-order chi connectivity index (χ0) is 24.5.